The second-order valence-corrected chi connectivity index (χ2v) is 7.25. The van der Waals surface area contributed by atoms with E-state index in [1.807, 2.05) is 28.9 Å². The number of fused-ring (bicyclic) bond motifs is 2. The number of benzene rings is 2. The van der Waals surface area contributed by atoms with Crippen molar-refractivity contribution < 1.29 is 14.3 Å². The minimum absolute atomic E-state index is 0.266. The summed E-state index contributed by atoms with van der Waals surface area (Å²) in [5, 5.41) is 24.1. The van der Waals surface area contributed by atoms with Crippen LogP contribution in [0.15, 0.2) is 67.3 Å². The molecule has 3 N–H and O–H groups in total. The molecule has 32 heavy (non-hydrogen) atoms. The molecule has 160 valence electrons. The molecular formula is C22H18FN7O2. The van der Waals surface area contributed by atoms with Crippen LogP contribution < -0.4 is 10.6 Å². The van der Waals surface area contributed by atoms with Crippen molar-refractivity contribution >= 4 is 33.9 Å². The summed E-state index contributed by atoms with van der Waals surface area (Å²) in [6, 6.07) is 14.1. The summed E-state index contributed by atoms with van der Waals surface area (Å²) in [7, 11) is 0. The molecule has 0 atom stereocenters. The van der Waals surface area contributed by atoms with Gasteiger partial charge in [0.05, 0.1) is 47.9 Å². The molecule has 0 fully saturated rings. The Labute approximate surface area is 181 Å². The lowest BCUT2D eigenvalue weighted by Gasteiger charge is -2.08. The summed E-state index contributed by atoms with van der Waals surface area (Å²) in [6.07, 6.45) is 3.65. The van der Waals surface area contributed by atoms with Crippen molar-refractivity contribution in [1.82, 2.24) is 24.4 Å². The molecule has 0 saturated carbocycles. The molecule has 0 aliphatic carbocycles. The summed E-state index contributed by atoms with van der Waals surface area (Å²) in [5.74, 6) is -0.266. The third kappa shape index (κ3) is 3.93. The molecule has 10 heteroatoms. The van der Waals surface area contributed by atoms with Gasteiger partial charge in [0, 0.05) is 11.1 Å². The molecule has 3 aromatic heterocycles. The van der Waals surface area contributed by atoms with Crippen LogP contribution in [-0.2, 0) is 13.1 Å². The maximum absolute atomic E-state index is 13.5. The molecule has 5 rings (SSSR count). The number of nitrogens with zero attached hydrogens (tertiary/aromatic N) is 5. The average Bonchev–Trinajstić information content (AvgIpc) is 3.35. The van der Waals surface area contributed by atoms with Crippen molar-refractivity contribution in [3.05, 3.63) is 84.3 Å². The molecule has 0 bridgehead atoms. The van der Waals surface area contributed by atoms with Gasteiger partial charge in [-0.3, -0.25) is 10.00 Å². The number of carbonyl (C=O) groups is 1. The Bertz CT molecular complexity index is 1440. The van der Waals surface area contributed by atoms with Crippen LogP contribution in [0, 0.1) is 5.82 Å². The number of amides is 1. The summed E-state index contributed by atoms with van der Waals surface area (Å²) in [4.78, 5) is 15.2. The van der Waals surface area contributed by atoms with Crippen LogP contribution in [0.25, 0.3) is 16.4 Å². The zero-order chi connectivity index (χ0) is 22.1. The fourth-order valence-corrected chi connectivity index (χ4v) is 3.63. The lowest BCUT2D eigenvalue weighted by Crippen LogP contribution is -2.05. The van der Waals surface area contributed by atoms with E-state index in [4.69, 9.17) is 5.11 Å². The number of anilines is 2. The van der Waals surface area contributed by atoms with Crippen LogP contribution in [0.4, 0.5) is 20.6 Å². The van der Waals surface area contributed by atoms with Crippen LogP contribution in [0.3, 0.4) is 0 Å². The Hall–Kier alpha value is -4.47. The molecular weight excluding hydrogens is 413 g/mol. The summed E-state index contributed by atoms with van der Waals surface area (Å²) in [6.45, 7) is 0.902. The number of hydrogen-bond donors (Lipinski definition) is 3. The molecule has 1 amide bonds. The number of rotatable bonds is 6. The number of carboxylic acid groups (broad SMARTS) is 1. The van der Waals surface area contributed by atoms with Crippen molar-refractivity contribution in [3.8, 4) is 0 Å². The summed E-state index contributed by atoms with van der Waals surface area (Å²) >= 11 is 0. The van der Waals surface area contributed by atoms with Crippen LogP contribution in [0.2, 0.25) is 0 Å². The third-order valence-corrected chi connectivity index (χ3v) is 5.06. The van der Waals surface area contributed by atoms with E-state index in [0.29, 0.717) is 24.3 Å². The zero-order valence-corrected chi connectivity index (χ0v) is 16.7. The lowest BCUT2D eigenvalue weighted by atomic mass is 10.2. The van der Waals surface area contributed by atoms with Gasteiger partial charge in [-0.1, -0.05) is 12.1 Å². The summed E-state index contributed by atoms with van der Waals surface area (Å²) < 4.78 is 16.9. The normalized spacial score (nSPS) is 11.2. The molecule has 5 aromatic rings. The fraction of sp³-hybridized carbons (Fsp3) is 0.0909. The SMILES string of the molecule is O=C(O)Nc1cc2c(CNc3ccc4c(cnn4Cc4cccc(F)c4)c3)ncnn2c1. The van der Waals surface area contributed by atoms with E-state index >= 15 is 0 Å². The standard InChI is InChI=1S/C22H18FN7O2/c23-16-3-1-2-14(6-16)11-29-20-5-4-17(7-15(20)9-26-29)24-10-19-21-8-18(28-22(31)32)12-30(21)27-13-25-19/h1-9,12-13,24,28H,10-11H2,(H,31,32). The highest BCUT2D eigenvalue weighted by Crippen LogP contribution is 2.22. The second-order valence-electron chi connectivity index (χ2n) is 7.25. The van der Waals surface area contributed by atoms with Crippen molar-refractivity contribution in [2.24, 2.45) is 0 Å². The van der Waals surface area contributed by atoms with Crippen molar-refractivity contribution in [2.45, 2.75) is 13.1 Å². The average molecular weight is 431 g/mol. The third-order valence-electron chi connectivity index (χ3n) is 5.06. The van der Waals surface area contributed by atoms with Crippen LogP contribution in [0.5, 0.6) is 0 Å². The first-order chi connectivity index (χ1) is 15.5. The maximum atomic E-state index is 13.5. The topological polar surface area (TPSA) is 109 Å². The number of halogens is 1. The monoisotopic (exact) mass is 431 g/mol. The van der Waals surface area contributed by atoms with Gasteiger partial charge in [0.1, 0.15) is 12.1 Å². The minimum atomic E-state index is -1.14. The fourth-order valence-electron chi connectivity index (χ4n) is 3.63. The molecule has 0 spiro atoms. The quantitative estimate of drug-likeness (QED) is 0.375. The summed E-state index contributed by atoms with van der Waals surface area (Å²) in [5.41, 5.74) is 4.52. The first-order valence-electron chi connectivity index (χ1n) is 9.81. The van der Waals surface area contributed by atoms with Gasteiger partial charge >= 0.3 is 6.09 Å². The van der Waals surface area contributed by atoms with Crippen LogP contribution in [0.1, 0.15) is 11.3 Å². The van der Waals surface area contributed by atoms with E-state index in [2.05, 4.69) is 25.8 Å². The van der Waals surface area contributed by atoms with Crippen molar-refractivity contribution in [2.75, 3.05) is 10.6 Å². The Morgan fingerprint density at radius 3 is 2.81 bits per heavy atom. The molecule has 9 nitrogen and oxygen atoms in total. The van der Waals surface area contributed by atoms with E-state index in [0.717, 1.165) is 27.8 Å². The minimum Gasteiger partial charge on any atom is -0.465 e. The van der Waals surface area contributed by atoms with Gasteiger partial charge in [0.25, 0.3) is 0 Å². The second kappa shape index (κ2) is 7.99. The van der Waals surface area contributed by atoms with E-state index in [9.17, 15) is 9.18 Å². The first-order valence-corrected chi connectivity index (χ1v) is 9.81. The largest absolute Gasteiger partial charge is 0.465 e. The van der Waals surface area contributed by atoms with E-state index in [-0.39, 0.29) is 5.82 Å². The molecule has 0 aliphatic heterocycles. The molecule has 0 radical (unpaired) electrons. The number of hydrogen-bond acceptors (Lipinski definition) is 5. The zero-order valence-electron chi connectivity index (χ0n) is 16.7. The van der Waals surface area contributed by atoms with Gasteiger partial charge in [0.15, 0.2) is 0 Å². The predicted molar refractivity (Wildman–Crippen MR) is 117 cm³/mol. The van der Waals surface area contributed by atoms with Gasteiger partial charge in [0.2, 0.25) is 0 Å². The van der Waals surface area contributed by atoms with Crippen LogP contribution in [-0.4, -0.2) is 35.6 Å². The highest BCUT2D eigenvalue weighted by Gasteiger charge is 2.10. The number of aromatic nitrogens is 5. The van der Waals surface area contributed by atoms with Gasteiger partial charge in [-0.2, -0.15) is 10.2 Å². The van der Waals surface area contributed by atoms with Crippen LogP contribution >= 0.6 is 0 Å². The first kappa shape index (κ1) is 19.5. The smallest absolute Gasteiger partial charge is 0.409 e. The molecule has 0 saturated heterocycles. The van der Waals surface area contributed by atoms with Gasteiger partial charge < -0.3 is 10.4 Å². The Morgan fingerprint density at radius 1 is 1.06 bits per heavy atom. The molecule has 0 aliphatic rings. The molecule has 0 unspecified atom stereocenters. The van der Waals surface area contributed by atoms with Crippen molar-refractivity contribution in [1.29, 1.82) is 0 Å². The highest BCUT2D eigenvalue weighted by atomic mass is 19.1. The van der Waals surface area contributed by atoms with Gasteiger partial charge in [-0.05, 0) is 42.0 Å². The van der Waals surface area contributed by atoms with Crippen molar-refractivity contribution in [3.63, 3.8) is 0 Å². The Balaban J connectivity index is 1.34. The van der Waals surface area contributed by atoms with Gasteiger partial charge in [-0.25, -0.2) is 18.7 Å². The predicted octanol–water partition coefficient (Wildman–Crippen LogP) is 3.97. The number of nitrogens with one attached hydrogen (secondary N) is 2. The highest BCUT2D eigenvalue weighted by molar-refractivity contribution is 5.84. The molecule has 3 heterocycles. The van der Waals surface area contributed by atoms with E-state index in [1.54, 1.807) is 29.0 Å². The Morgan fingerprint density at radius 2 is 1.97 bits per heavy atom. The molecule has 2 aromatic carbocycles. The maximum Gasteiger partial charge on any atom is 0.409 e. The van der Waals surface area contributed by atoms with E-state index in [1.165, 1.54) is 18.5 Å². The van der Waals surface area contributed by atoms with Gasteiger partial charge in [-0.15, -0.1) is 0 Å². The Kier molecular flexibility index (Phi) is 4.86. The lowest BCUT2D eigenvalue weighted by molar-refractivity contribution is 0.210. The van der Waals surface area contributed by atoms with E-state index < -0.39 is 6.09 Å².